The molecule has 0 radical (unpaired) electrons. The highest BCUT2D eigenvalue weighted by Crippen LogP contribution is 2.07. The number of nitrogens with one attached hydrogen (secondary N) is 2. The molecule has 0 spiro atoms. The number of hydrogen-bond donors (Lipinski definition) is 3. The van der Waals surface area contributed by atoms with Gasteiger partial charge in [0.15, 0.2) is 0 Å². The predicted molar refractivity (Wildman–Crippen MR) is 68.4 cm³/mol. The van der Waals surface area contributed by atoms with Crippen molar-refractivity contribution in [1.29, 1.82) is 0 Å². The van der Waals surface area contributed by atoms with Crippen molar-refractivity contribution in [2.75, 3.05) is 37.7 Å². The van der Waals surface area contributed by atoms with Gasteiger partial charge in [0, 0.05) is 20.1 Å². The Balaban J connectivity index is 2.82. The molecular formula is C10H19N5O2. The van der Waals surface area contributed by atoms with E-state index in [1.54, 1.807) is 0 Å². The molecule has 1 aromatic rings. The van der Waals surface area contributed by atoms with Gasteiger partial charge in [-0.25, -0.2) is 4.79 Å². The van der Waals surface area contributed by atoms with Crippen LogP contribution >= 0.6 is 0 Å². The Hall–Kier alpha value is -1.76. The van der Waals surface area contributed by atoms with Gasteiger partial charge in [-0.2, -0.15) is 0 Å². The summed E-state index contributed by atoms with van der Waals surface area (Å²) in [7, 11) is 3.49. The molecule has 1 aromatic heterocycles. The van der Waals surface area contributed by atoms with E-state index in [0.717, 1.165) is 13.1 Å². The topological polar surface area (TPSA) is 96.2 Å². The van der Waals surface area contributed by atoms with Gasteiger partial charge in [0.2, 0.25) is 0 Å². The Kier molecular flexibility index (Phi) is 4.33. The van der Waals surface area contributed by atoms with Crippen LogP contribution in [0.4, 0.5) is 11.5 Å². The lowest BCUT2D eigenvalue weighted by Crippen LogP contribution is -2.34. The summed E-state index contributed by atoms with van der Waals surface area (Å²) in [4.78, 5) is 27.1. The van der Waals surface area contributed by atoms with Crippen molar-refractivity contribution in [3.63, 3.8) is 0 Å². The minimum Gasteiger partial charge on any atom is -0.383 e. The van der Waals surface area contributed by atoms with Crippen LogP contribution in [0.1, 0.15) is 6.92 Å². The van der Waals surface area contributed by atoms with E-state index in [2.05, 4.69) is 15.2 Å². The molecule has 0 bridgehead atoms. The fourth-order valence-electron chi connectivity index (χ4n) is 1.34. The van der Waals surface area contributed by atoms with Crippen LogP contribution in [0.2, 0.25) is 0 Å². The molecule has 17 heavy (non-hydrogen) atoms. The van der Waals surface area contributed by atoms with E-state index in [0.29, 0.717) is 6.54 Å². The van der Waals surface area contributed by atoms with Crippen LogP contribution < -0.4 is 22.3 Å². The zero-order valence-corrected chi connectivity index (χ0v) is 10.4. The van der Waals surface area contributed by atoms with Crippen molar-refractivity contribution < 1.29 is 0 Å². The van der Waals surface area contributed by atoms with Crippen LogP contribution in [0.15, 0.2) is 9.59 Å². The van der Waals surface area contributed by atoms with Crippen molar-refractivity contribution in [3.8, 4) is 0 Å². The molecule has 1 heterocycles. The van der Waals surface area contributed by atoms with E-state index in [1.165, 1.54) is 11.6 Å². The van der Waals surface area contributed by atoms with E-state index >= 15 is 0 Å². The number of nitrogens with zero attached hydrogens (tertiary/aromatic N) is 2. The zero-order chi connectivity index (χ0) is 13.0. The second-order valence-electron chi connectivity index (χ2n) is 3.90. The van der Waals surface area contributed by atoms with Gasteiger partial charge in [0.05, 0.1) is 0 Å². The third-order valence-corrected chi connectivity index (χ3v) is 2.70. The summed E-state index contributed by atoms with van der Waals surface area (Å²) in [6.07, 6.45) is 0. The number of likely N-dealkylation sites (N-methyl/N-ethyl adjacent to an activating group) is 1. The Morgan fingerprint density at radius 2 is 2.12 bits per heavy atom. The molecule has 0 aliphatic carbocycles. The Labute approximate surface area is 99.2 Å². The molecule has 0 aliphatic rings. The number of H-pyrrole nitrogens is 1. The highest BCUT2D eigenvalue weighted by Gasteiger charge is 2.08. The van der Waals surface area contributed by atoms with E-state index in [4.69, 9.17) is 5.73 Å². The van der Waals surface area contributed by atoms with Gasteiger partial charge in [0.1, 0.15) is 11.5 Å². The first-order valence-corrected chi connectivity index (χ1v) is 5.48. The normalized spacial score (nSPS) is 10.8. The highest BCUT2D eigenvalue weighted by atomic mass is 16.2. The first kappa shape index (κ1) is 13.3. The first-order chi connectivity index (χ1) is 7.97. The smallest absolute Gasteiger partial charge is 0.329 e. The number of aromatic nitrogens is 2. The standard InChI is InChI=1S/C10H19N5O2/c1-4-14(2)6-5-12-7-8(11)15(3)10(17)13-9(7)16/h12H,4-6,11H2,1-3H3,(H,13,16,17). The van der Waals surface area contributed by atoms with Gasteiger partial charge in [-0.1, -0.05) is 6.92 Å². The second-order valence-corrected chi connectivity index (χ2v) is 3.90. The summed E-state index contributed by atoms with van der Waals surface area (Å²) >= 11 is 0. The molecule has 0 saturated heterocycles. The number of nitrogen functional groups attached to an aromatic ring is 1. The molecule has 0 unspecified atom stereocenters. The van der Waals surface area contributed by atoms with E-state index in [1.807, 2.05) is 14.0 Å². The third kappa shape index (κ3) is 3.10. The number of hydrogen-bond acceptors (Lipinski definition) is 5. The summed E-state index contributed by atoms with van der Waals surface area (Å²) in [6.45, 7) is 4.36. The SMILES string of the molecule is CCN(C)CCNc1c(N)n(C)c(=O)[nH]c1=O. The lowest BCUT2D eigenvalue weighted by atomic mass is 10.4. The molecule has 96 valence electrons. The van der Waals surface area contributed by atoms with Crippen LogP contribution in [0, 0.1) is 0 Å². The summed E-state index contributed by atoms with van der Waals surface area (Å²) in [5.74, 6) is 0.151. The maximum atomic E-state index is 11.5. The molecule has 4 N–H and O–H groups in total. The van der Waals surface area contributed by atoms with Crippen molar-refractivity contribution in [1.82, 2.24) is 14.5 Å². The molecule has 7 nitrogen and oxygen atoms in total. The average Bonchev–Trinajstić information content (AvgIpc) is 2.30. The summed E-state index contributed by atoms with van der Waals surface area (Å²) in [5.41, 5.74) is 4.96. The molecule has 0 amide bonds. The molecule has 0 aromatic carbocycles. The van der Waals surface area contributed by atoms with Gasteiger partial charge in [-0.05, 0) is 13.6 Å². The van der Waals surface area contributed by atoms with E-state index in [-0.39, 0.29) is 11.5 Å². The summed E-state index contributed by atoms with van der Waals surface area (Å²) in [6, 6.07) is 0. The average molecular weight is 241 g/mol. The van der Waals surface area contributed by atoms with Gasteiger partial charge in [-0.3, -0.25) is 14.3 Å². The number of rotatable bonds is 5. The number of nitrogens with two attached hydrogens (primary N) is 1. The van der Waals surface area contributed by atoms with E-state index < -0.39 is 11.2 Å². The Morgan fingerprint density at radius 1 is 1.47 bits per heavy atom. The van der Waals surface area contributed by atoms with Gasteiger partial charge >= 0.3 is 5.69 Å². The van der Waals surface area contributed by atoms with E-state index in [9.17, 15) is 9.59 Å². The third-order valence-electron chi connectivity index (χ3n) is 2.70. The Morgan fingerprint density at radius 3 is 2.71 bits per heavy atom. The maximum Gasteiger partial charge on any atom is 0.329 e. The van der Waals surface area contributed by atoms with Gasteiger partial charge < -0.3 is 16.0 Å². The highest BCUT2D eigenvalue weighted by molar-refractivity contribution is 5.60. The largest absolute Gasteiger partial charge is 0.383 e. The molecule has 0 saturated carbocycles. The minimum absolute atomic E-state index is 0.151. The number of aromatic amines is 1. The van der Waals surface area contributed by atoms with Crippen LogP contribution in [0.25, 0.3) is 0 Å². The predicted octanol–water partition coefficient (Wildman–Crippen LogP) is -0.981. The minimum atomic E-state index is -0.510. The van der Waals surface area contributed by atoms with Crippen molar-refractivity contribution in [2.24, 2.45) is 7.05 Å². The molecule has 0 atom stereocenters. The summed E-state index contributed by atoms with van der Waals surface area (Å²) < 4.78 is 1.20. The zero-order valence-electron chi connectivity index (χ0n) is 10.4. The van der Waals surface area contributed by atoms with Crippen LogP contribution in [0.3, 0.4) is 0 Å². The second kappa shape index (κ2) is 5.53. The molecule has 7 heteroatoms. The van der Waals surface area contributed by atoms with Gasteiger partial charge in [0.25, 0.3) is 5.56 Å². The summed E-state index contributed by atoms with van der Waals surface area (Å²) in [5, 5.41) is 2.94. The fourth-order valence-corrected chi connectivity index (χ4v) is 1.34. The first-order valence-electron chi connectivity index (χ1n) is 5.48. The molecule has 1 rings (SSSR count). The maximum absolute atomic E-state index is 11.5. The van der Waals surface area contributed by atoms with Crippen molar-refractivity contribution in [3.05, 3.63) is 20.8 Å². The lowest BCUT2D eigenvalue weighted by Gasteiger charge is -2.15. The fraction of sp³-hybridized carbons (Fsp3) is 0.600. The molecule has 0 fully saturated rings. The van der Waals surface area contributed by atoms with Crippen LogP contribution in [-0.2, 0) is 7.05 Å². The molecular weight excluding hydrogens is 222 g/mol. The Bertz CT molecular complexity index is 490. The monoisotopic (exact) mass is 241 g/mol. The van der Waals surface area contributed by atoms with Crippen LogP contribution in [-0.4, -0.2) is 41.1 Å². The lowest BCUT2D eigenvalue weighted by molar-refractivity contribution is 0.367. The molecule has 0 aliphatic heterocycles. The number of anilines is 2. The van der Waals surface area contributed by atoms with Crippen molar-refractivity contribution in [2.45, 2.75) is 6.92 Å². The van der Waals surface area contributed by atoms with Crippen LogP contribution in [0.5, 0.6) is 0 Å². The quantitative estimate of drug-likeness (QED) is 0.615. The van der Waals surface area contributed by atoms with Crippen molar-refractivity contribution >= 4 is 11.5 Å². The van der Waals surface area contributed by atoms with Gasteiger partial charge in [-0.15, -0.1) is 0 Å².